The number of likely N-dealkylation sites (tertiary alicyclic amines) is 1. The van der Waals surface area contributed by atoms with E-state index < -0.39 is 0 Å². The van der Waals surface area contributed by atoms with Crippen molar-refractivity contribution in [2.75, 3.05) is 26.7 Å². The number of nitrogens with zero attached hydrogens (tertiary/aromatic N) is 2. The van der Waals surface area contributed by atoms with Crippen molar-refractivity contribution in [2.24, 2.45) is 11.8 Å². The molecule has 2 rings (SSSR count). The van der Waals surface area contributed by atoms with E-state index in [1.54, 1.807) is 0 Å². The molecule has 4 nitrogen and oxygen atoms in total. The third-order valence-electron chi connectivity index (χ3n) is 4.39. The van der Waals surface area contributed by atoms with E-state index in [2.05, 4.69) is 42.9 Å². The van der Waals surface area contributed by atoms with Gasteiger partial charge in [0.2, 0.25) is 5.91 Å². The molecule has 2 fully saturated rings. The Hall–Kier alpha value is -0.610. The van der Waals surface area contributed by atoms with Crippen LogP contribution in [0.2, 0.25) is 0 Å². The van der Waals surface area contributed by atoms with Crippen LogP contribution in [0.15, 0.2) is 0 Å². The van der Waals surface area contributed by atoms with Gasteiger partial charge >= 0.3 is 0 Å². The molecule has 1 amide bonds. The van der Waals surface area contributed by atoms with Gasteiger partial charge in [-0.05, 0) is 44.7 Å². The first kappa shape index (κ1) is 14.8. The lowest BCUT2D eigenvalue weighted by molar-refractivity contribution is -0.130. The van der Waals surface area contributed by atoms with Crippen LogP contribution in [0.4, 0.5) is 0 Å². The molecule has 3 atom stereocenters. The van der Waals surface area contributed by atoms with Crippen LogP contribution < -0.4 is 5.32 Å². The van der Waals surface area contributed by atoms with E-state index >= 15 is 0 Å². The van der Waals surface area contributed by atoms with Crippen LogP contribution in [0.1, 0.15) is 40.0 Å². The number of carbonyl (C=O) groups is 1. The fourth-order valence-electron chi connectivity index (χ4n) is 3.40. The van der Waals surface area contributed by atoms with Gasteiger partial charge in [0.05, 0.1) is 12.2 Å². The van der Waals surface area contributed by atoms with Crippen LogP contribution in [0.5, 0.6) is 0 Å². The van der Waals surface area contributed by atoms with Crippen LogP contribution in [0.3, 0.4) is 0 Å². The summed E-state index contributed by atoms with van der Waals surface area (Å²) in [5.74, 6) is 1.55. The Balaban J connectivity index is 1.95. The summed E-state index contributed by atoms with van der Waals surface area (Å²) in [6.45, 7) is 9.77. The normalized spacial score (nSPS) is 32.8. The maximum atomic E-state index is 12.5. The first-order chi connectivity index (χ1) is 9.01. The molecular weight excluding hydrogens is 238 g/mol. The molecule has 2 aliphatic heterocycles. The molecule has 0 aromatic heterocycles. The maximum absolute atomic E-state index is 12.5. The van der Waals surface area contributed by atoms with Crippen molar-refractivity contribution in [3.8, 4) is 0 Å². The van der Waals surface area contributed by atoms with Gasteiger partial charge in [-0.1, -0.05) is 20.8 Å². The molecule has 2 saturated heterocycles. The van der Waals surface area contributed by atoms with Gasteiger partial charge in [0, 0.05) is 13.1 Å². The maximum Gasteiger partial charge on any atom is 0.241 e. The van der Waals surface area contributed by atoms with Gasteiger partial charge in [-0.2, -0.15) is 0 Å². The Bertz CT molecular complexity index is 319. The molecule has 4 heteroatoms. The van der Waals surface area contributed by atoms with Crippen LogP contribution in [0, 0.1) is 11.8 Å². The van der Waals surface area contributed by atoms with E-state index in [0.29, 0.717) is 17.7 Å². The Kier molecular flexibility index (Phi) is 4.85. The van der Waals surface area contributed by atoms with Gasteiger partial charge in [-0.15, -0.1) is 0 Å². The molecule has 0 aromatic rings. The summed E-state index contributed by atoms with van der Waals surface area (Å²) in [7, 11) is 2.17. The standard InChI is InChI=1S/C15H29N3O/c1-5-14-16-13(8-11(2)3)15(19)18(14)10-12-6-7-17(4)9-12/h11-14,16H,5-10H2,1-4H3. The lowest BCUT2D eigenvalue weighted by Crippen LogP contribution is -2.40. The zero-order valence-corrected chi connectivity index (χ0v) is 12.9. The Morgan fingerprint density at radius 2 is 2.16 bits per heavy atom. The lowest BCUT2D eigenvalue weighted by Gasteiger charge is -2.26. The van der Waals surface area contributed by atoms with Gasteiger partial charge in [-0.25, -0.2) is 0 Å². The second-order valence-corrected chi connectivity index (χ2v) is 6.68. The molecule has 0 spiro atoms. The highest BCUT2D eigenvalue weighted by Crippen LogP contribution is 2.23. The molecule has 0 bridgehead atoms. The number of carbonyl (C=O) groups excluding carboxylic acids is 1. The lowest BCUT2D eigenvalue weighted by atomic mass is 10.0. The minimum atomic E-state index is 0.0454. The molecule has 110 valence electrons. The Morgan fingerprint density at radius 3 is 2.68 bits per heavy atom. The van der Waals surface area contributed by atoms with Gasteiger partial charge in [0.1, 0.15) is 0 Å². The Labute approximate surface area is 117 Å². The number of amides is 1. The minimum Gasteiger partial charge on any atom is -0.325 e. The van der Waals surface area contributed by atoms with Crippen LogP contribution in [-0.4, -0.2) is 54.6 Å². The smallest absolute Gasteiger partial charge is 0.241 e. The van der Waals surface area contributed by atoms with Crippen molar-refractivity contribution in [1.29, 1.82) is 0 Å². The average molecular weight is 267 g/mol. The van der Waals surface area contributed by atoms with Crippen molar-refractivity contribution in [2.45, 2.75) is 52.2 Å². The molecule has 3 unspecified atom stereocenters. The van der Waals surface area contributed by atoms with Crippen molar-refractivity contribution < 1.29 is 4.79 Å². The summed E-state index contributed by atoms with van der Waals surface area (Å²) in [6.07, 6.45) is 3.44. The third-order valence-corrected chi connectivity index (χ3v) is 4.39. The van der Waals surface area contributed by atoms with E-state index in [4.69, 9.17) is 0 Å². The van der Waals surface area contributed by atoms with Gasteiger partial charge in [0.15, 0.2) is 0 Å². The van der Waals surface area contributed by atoms with Crippen molar-refractivity contribution >= 4 is 5.91 Å². The highest BCUT2D eigenvalue weighted by atomic mass is 16.2. The van der Waals surface area contributed by atoms with Crippen LogP contribution >= 0.6 is 0 Å². The van der Waals surface area contributed by atoms with E-state index in [1.807, 2.05) is 0 Å². The summed E-state index contributed by atoms with van der Waals surface area (Å²) < 4.78 is 0. The average Bonchev–Trinajstić information content (AvgIpc) is 2.87. The molecular formula is C15H29N3O. The van der Waals surface area contributed by atoms with Crippen molar-refractivity contribution in [3.05, 3.63) is 0 Å². The van der Waals surface area contributed by atoms with Gasteiger partial charge in [-0.3, -0.25) is 10.1 Å². The number of hydrogen-bond acceptors (Lipinski definition) is 3. The molecule has 0 aliphatic carbocycles. The van der Waals surface area contributed by atoms with E-state index in [9.17, 15) is 4.79 Å². The van der Waals surface area contributed by atoms with Gasteiger partial charge in [0.25, 0.3) is 0 Å². The summed E-state index contributed by atoms with van der Waals surface area (Å²) in [5.41, 5.74) is 0. The zero-order chi connectivity index (χ0) is 14.0. The van der Waals surface area contributed by atoms with E-state index in [0.717, 1.165) is 25.9 Å². The molecule has 19 heavy (non-hydrogen) atoms. The monoisotopic (exact) mass is 267 g/mol. The largest absolute Gasteiger partial charge is 0.325 e. The fraction of sp³-hybridized carbons (Fsp3) is 0.933. The van der Waals surface area contributed by atoms with Crippen LogP contribution in [0.25, 0.3) is 0 Å². The molecule has 0 aromatic carbocycles. The number of nitrogens with one attached hydrogen (secondary N) is 1. The highest BCUT2D eigenvalue weighted by molar-refractivity contribution is 5.84. The minimum absolute atomic E-state index is 0.0454. The molecule has 1 N–H and O–H groups in total. The topological polar surface area (TPSA) is 35.6 Å². The quantitative estimate of drug-likeness (QED) is 0.820. The first-order valence-electron chi connectivity index (χ1n) is 7.76. The van der Waals surface area contributed by atoms with E-state index in [-0.39, 0.29) is 12.2 Å². The predicted octanol–water partition coefficient (Wildman–Crippen LogP) is 1.52. The summed E-state index contributed by atoms with van der Waals surface area (Å²) >= 11 is 0. The van der Waals surface area contributed by atoms with Crippen molar-refractivity contribution in [3.63, 3.8) is 0 Å². The predicted molar refractivity (Wildman–Crippen MR) is 77.8 cm³/mol. The summed E-state index contributed by atoms with van der Waals surface area (Å²) in [4.78, 5) is 17.0. The molecule has 2 heterocycles. The molecule has 0 radical (unpaired) electrons. The Morgan fingerprint density at radius 1 is 1.42 bits per heavy atom. The SMILES string of the molecule is CCC1NC(CC(C)C)C(=O)N1CC1CCN(C)C1. The molecule has 2 aliphatic rings. The number of rotatable bonds is 5. The second-order valence-electron chi connectivity index (χ2n) is 6.68. The molecule has 0 saturated carbocycles. The second kappa shape index (κ2) is 6.23. The third kappa shape index (κ3) is 3.48. The van der Waals surface area contributed by atoms with Crippen molar-refractivity contribution in [1.82, 2.24) is 15.1 Å². The van der Waals surface area contributed by atoms with Crippen LogP contribution in [-0.2, 0) is 4.79 Å². The van der Waals surface area contributed by atoms with E-state index in [1.165, 1.54) is 13.0 Å². The zero-order valence-electron chi connectivity index (χ0n) is 12.9. The first-order valence-corrected chi connectivity index (χ1v) is 7.76. The summed E-state index contributed by atoms with van der Waals surface area (Å²) in [5, 5.41) is 3.52. The summed E-state index contributed by atoms with van der Waals surface area (Å²) in [6, 6.07) is 0.0454. The van der Waals surface area contributed by atoms with Gasteiger partial charge < -0.3 is 9.80 Å². The number of hydrogen-bond donors (Lipinski definition) is 1. The highest BCUT2D eigenvalue weighted by Gasteiger charge is 2.39. The fourth-order valence-corrected chi connectivity index (χ4v) is 3.40.